The van der Waals surface area contributed by atoms with E-state index >= 15 is 0 Å². The third-order valence-electron chi connectivity index (χ3n) is 2.65. The number of nitrogen functional groups attached to an aromatic ring is 1. The fourth-order valence-electron chi connectivity index (χ4n) is 1.77. The largest absolute Gasteiger partial charge is 0.399 e. The average Bonchev–Trinajstić information content (AvgIpc) is 2.75. The lowest BCUT2D eigenvalue weighted by Crippen LogP contribution is -1.84. The number of nitrogens with one attached hydrogen (secondary N) is 1. The number of fused-ring (bicyclic) bond motifs is 1. The molecule has 3 aromatic rings. The summed E-state index contributed by atoms with van der Waals surface area (Å²) in [7, 11) is 0. The Morgan fingerprint density at radius 1 is 1.06 bits per heavy atom. The van der Waals surface area contributed by atoms with Gasteiger partial charge in [-0.05, 0) is 36.4 Å². The van der Waals surface area contributed by atoms with Gasteiger partial charge in [0.05, 0.1) is 5.52 Å². The molecule has 0 fully saturated rings. The van der Waals surface area contributed by atoms with E-state index in [1.54, 1.807) is 24.3 Å². The Morgan fingerprint density at radius 3 is 2.53 bits per heavy atom. The Labute approximate surface area is 97.1 Å². The van der Waals surface area contributed by atoms with Crippen molar-refractivity contribution >= 4 is 16.7 Å². The number of para-hydroxylation sites is 1. The topological polar surface area (TPSA) is 54.7 Å². The molecule has 3 nitrogen and oxygen atoms in total. The number of nitrogens with two attached hydrogens (primary N) is 1. The van der Waals surface area contributed by atoms with E-state index < -0.39 is 0 Å². The van der Waals surface area contributed by atoms with Crippen LogP contribution in [0.15, 0.2) is 42.5 Å². The Hall–Kier alpha value is -2.36. The van der Waals surface area contributed by atoms with E-state index in [9.17, 15) is 4.39 Å². The smallest absolute Gasteiger partial charge is 0.151 e. The predicted octanol–water partition coefficient (Wildman–Crippen LogP) is 2.95. The number of aromatic nitrogens is 2. The van der Waals surface area contributed by atoms with E-state index in [0.717, 1.165) is 5.56 Å². The molecule has 84 valence electrons. The Kier molecular flexibility index (Phi) is 2.08. The first-order valence-electron chi connectivity index (χ1n) is 5.24. The Bertz CT molecular complexity index is 671. The number of anilines is 1. The van der Waals surface area contributed by atoms with E-state index in [2.05, 4.69) is 9.97 Å². The molecule has 0 spiro atoms. The molecule has 0 aliphatic carbocycles. The number of rotatable bonds is 1. The minimum absolute atomic E-state index is 0.319. The molecular formula is C13H10FN3. The van der Waals surface area contributed by atoms with Crippen LogP contribution in [0.4, 0.5) is 10.1 Å². The second kappa shape index (κ2) is 3.59. The maximum absolute atomic E-state index is 13.5. The first-order chi connectivity index (χ1) is 8.24. The van der Waals surface area contributed by atoms with Gasteiger partial charge in [-0.1, -0.05) is 6.07 Å². The van der Waals surface area contributed by atoms with Crippen LogP contribution in [0.25, 0.3) is 22.4 Å². The number of benzene rings is 2. The SMILES string of the molecule is Nc1ccc(-c2nc3c(F)cccc3[nH]2)cc1. The molecule has 0 saturated heterocycles. The normalized spacial score (nSPS) is 10.9. The fourth-order valence-corrected chi connectivity index (χ4v) is 1.77. The molecule has 4 heteroatoms. The Balaban J connectivity index is 2.18. The van der Waals surface area contributed by atoms with Gasteiger partial charge in [0.25, 0.3) is 0 Å². The van der Waals surface area contributed by atoms with Crippen molar-refractivity contribution in [1.29, 1.82) is 0 Å². The molecule has 0 aliphatic rings. The van der Waals surface area contributed by atoms with Crippen molar-refractivity contribution in [3.8, 4) is 11.4 Å². The van der Waals surface area contributed by atoms with Gasteiger partial charge in [-0.25, -0.2) is 9.37 Å². The van der Waals surface area contributed by atoms with Gasteiger partial charge in [0, 0.05) is 11.3 Å². The maximum atomic E-state index is 13.5. The third kappa shape index (κ3) is 1.63. The summed E-state index contributed by atoms with van der Waals surface area (Å²) in [6.45, 7) is 0. The van der Waals surface area contributed by atoms with Crippen LogP contribution >= 0.6 is 0 Å². The lowest BCUT2D eigenvalue weighted by Gasteiger charge is -1.96. The molecule has 2 aromatic carbocycles. The lowest BCUT2D eigenvalue weighted by atomic mass is 10.2. The zero-order valence-electron chi connectivity index (χ0n) is 8.94. The van der Waals surface area contributed by atoms with Crippen molar-refractivity contribution in [3.63, 3.8) is 0 Å². The minimum atomic E-state index is -0.319. The predicted molar refractivity (Wildman–Crippen MR) is 65.9 cm³/mol. The van der Waals surface area contributed by atoms with E-state index in [4.69, 9.17) is 5.73 Å². The lowest BCUT2D eigenvalue weighted by molar-refractivity contribution is 0.637. The molecule has 17 heavy (non-hydrogen) atoms. The zero-order valence-corrected chi connectivity index (χ0v) is 8.94. The molecule has 0 aliphatic heterocycles. The van der Waals surface area contributed by atoms with Crippen LogP contribution in [0.3, 0.4) is 0 Å². The molecule has 0 unspecified atom stereocenters. The van der Waals surface area contributed by atoms with E-state index in [1.165, 1.54) is 6.07 Å². The van der Waals surface area contributed by atoms with Gasteiger partial charge in [-0.3, -0.25) is 0 Å². The molecule has 0 amide bonds. The molecule has 1 heterocycles. The third-order valence-corrected chi connectivity index (χ3v) is 2.65. The summed E-state index contributed by atoms with van der Waals surface area (Å²) in [6, 6.07) is 12.1. The first kappa shape index (κ1) is 9.84. The molecule has 1 aromatic heterocycles. The van der Waals surface area contributed by atoms with Crippen molar-refractivity contribution in [1.82, 2.24) is 9.97 Å². The maximum Gasteiger partial charge on any atom is 0.151 e. The molecule has 0 radical (unpaired) electrons. The van der Waals surface area contributed by atoms with Crippen LogP contribution in [0.5, 0.6) is 0 Å². The first-order valence-corrected chi connectivity index (χ1v) is 5.24. The van der Waals surface area contributed by atoms with Crippen molar-refractivity contribution in [2.75, 3.05) is 5.73 Å². The summed E-state index contributed by atoms with van der Waals surface area (Å²) >= 11 is 0. The summed E-state index contributed by atoms with van der Waals surface area (Å²) in [5.41, 5.74) is 8.24. The van der Waals surface area contributed by atoms with Gasteiger partial charge in [0.15, 0.2) is 5.82 Å². The van der Waals surface area contributed by atoms with E-state index in [1.807, 2.05) is 12.1 Å². The number of H-pyrrole nitrogens is 1. The standard InChI is InChI=1S/C13H10FN3/c14-10-2-1-3-11-12(10)17-13(16-11)8-4-6-9(15)7-5-8/h1-7H,15H2,(H,16,17). The van der Waals surface area contributed by atoms with Crippen LogP contribution in [-0.4, -0.2) is 9.97 Å². The summed E-state index contributed by atoms with van der Waals surface area (Å²) in [5, 5.41) is 0. The highest BCUT2D eigenvalue weighted by atomic mass is 19.1. The van der Waals surface area contributed by atoms with E-state index in [-0.39, 0.29) is 5.82 Å². The molecule has 0 bridgehead atoms. The van der Waals surface area contributed by atoms with Crippen molar-refractivity contribution in [2.45, 2.75) is 0 Å². The van der Waals surface area contributed by atoms with Gasteiger partial charge >= 0.3 is 0 Å². The second-order valence-electron chi connectivity index (χ2n) is 3.84. The summed E-state index contributed by atoms with van der Waals surface area (Å²) in [6.07, 6.45) is 0. The van der Waals surface area contributed by atoms with Crippen LogP contribution in [0.1, 0.15) is 0 Å². The number of aromatic amines is 1. The van der Waals surface area contributed by atoms with Gasteiger partial charge < -0.3 is 10.7 Å². The number of hydrogen-bond acceptors (Lipinski definition) is 2. The second-order valence-corrected chi connectivity index (χ2v) is 3.84. The van der Waals surface area contributed by atoms with Crippen LogP contribution < -0.4 is 5.73 Å². The van der Waals surface area contributed by atoms with Crippen molar-refractivity contribution < 1.29 is 4.39 Å². The van der Waals surface area contributed by atoms with Crippen molar-refractivity contribution in [2.24, 2.45) is 0 Å². The highest BCUT2D eigenvalue weighted by Gasteiger charge is 2.08. The summed E-state index contributed by atoms with van der Waals surface area (Å²) < 4.78 is 13.5. The van der Waals surface area contributed by atoms with Gasteiger partial charge in [-0.2, -0.15) is 0 Å². The number of imidazole rings is 1. The monoisotopic (exact) mass is 227 g/mol. The average molecular weight is 227 g/mol. The highest BCUT2D eigenvalue weighted by Crippen LogP contribution is 2.22. The molecule has 0 saturated carbocycles. The van der Waals surface area contributed by atoms with Gasteiger partial charge in [0.1, 0.15) is 11.3 Å². The quantitative estimate of drug-likeness (QED) is 0.628. The molecule has 0 atom stereocenters. The van der Waals surface area contributed by atoms with Gasteiger partial charge in [0.2, 0.25) is 0 Å². The van der Waals surface area contributed by atoms with E-state index in [0.29, 0.717) is 22.5 Å². The zero-order chi connectivity index (χ0) is 11.8. The highest BCUT2D eigenvalue weighted by molar-refractivity contribution is 5.80. The van der Waals surface area contributed by atoms with Crippen molar-refractivity contribution in [3.05, 3.63) is 48.3 Å². The minimum Gasteiger partial charge on any atom is -0.399 e. The Morgan fingerprint density at radius 2 is 1.82 bits per heavy atom. The molecular weight excluding hydrogens is 217 g/mol. The fraction of sp³-hybridized carbons (Fsp3) is 0. The van der Waals surface area contributed by atoms with Crippen LogP contribution in [-0.2, 0) is 0 Å². The number of hydrogen-bond donors (Lipinski definition) is 2. The van der Waals surface area contributed by atoms with Crippen LogP contribution in [0.2, 0.25) is 0 Å². The van der Waals surface area contributed by atoms with Crippen LogP contribution in [0, 0.1) is 5.82 Å². The number of halogens is 1. The van der Waals surface area contributed by atoms with Gasteiger partial charge in [-0.15, -0.1) is 0 Å². The summed E-state index contributed by atoms with van der Waals surface area (Å²) in [5.74, 6) is 0.325. The molecule has 3 rings (SSSR count). The molecule has 3 N–H and O–H groups in total. The number of nitrogens with zero attached hydrogens (tertiary/aromatic N) is 1. The summed E-state index contributed by atoms with van der Waals surface area (Å²) in [4.78, 5) is 7.32.